The third kappa shape index (κ3) is 11.8. The summed E-state index contributed by atoms with van der Waals surface area (Å²) in [6.45, 7) is 3.46. The Morgan fingerprint density at radius 1 is 1.24 bits per heavy atom. The highest BCUT2D eigenvalue weighted by Crippen LogP contribution is 1.98. The van der Waals surface area contributed by atoms with Gasteiger partial charge in [-0.2, -0.15) is 0 Å². The van der Waals surface area contributed by atoms with Gasteiger partial charge in [0.2, 0.25) is 11.8 Å². The summed E-state index contributed by atoms with van der Waals surface area (Å²) in [5, 5.41) is 13.8. The van der Waals surface area contributed by atoms with Crippen LogP contribution in [0.1, 0.15) is 32.6 Å². The molecular weight excluding hydrogens is 278 g/mol. The molecule has 21 heavy (non-hydrogen) atoms. The highest BCUT2D eigenvalue weighted by atomic mass is 16.5. The molecule has 8 nitrogen and oxygen atoms in total. The highest BCUT2D eigenvalue weighted by molar-refractivity contribution is 5.83. The van der Waals surface area contributed by atoms with Crippen molar-refractivity contribution in [3.05, 3.63) is 0 Å². The molecule has 0 aliphatic rings. The van der Waals surface area contributed by atoms with Crippen LogP contribution in [0.5, 0.6) is 0 Å². The number of ether oxygens (including phenoxy) is 1. The van der Waals surface area contributed by atoms with E-state index in [9.17, 15) is 14.4 Å². The van der Waals surface area contributed by atoms with Crippen molar-refractivity contribution in [2.24, 2.45) is 5.73 Å². The Morgan fingerprint density at radius 3 is 2.48 bits per heavy atom. The number of carbonyl (C=O) groups is 3. The molecule has 0 spiro atoms. The van der Waals surface area contributed by atoms with Crippen LogP contribution in [-0.2, 0) is 19.1 Å². The second kappa shape index (κ2) is 12.1. The number of carboxylic acids is 1. The Bertz CT molecular complexity index is 336. The SMILES string of the molecule is CC(=O)NC(CCC(=O)NCCCOCCCN)C(=O)O. The first-order valence-electron chi connectivity index (χ1n) is 7.01. The molecule has 5 N–H and O–H groups in total. The minimum atomic E-state index is -1.15. The van der Waals surface area contributed by atoms with E-state index in [2.05, 4.69) is 10.6 Å². The number of carbonyl (C=O) groups excluding carboxylic acids is 2. The summed E-state index contributed by atoms with van der Waals surface area (Å²) in [6.07, 6.45) is 1.61. The van der Waals surface area contributed by atoms with Crippen LogP contribution < -0.4 is 16.4 Å². The summed E-state index contributed by atoms with van der Waals surface area (Å²) in [5.41, 5.74) is 5.31. The zero-order valence-corrected chi connectivity index (χ0v) is 12.4. The van der Waals surface area contributed by atoms with Crippen molar-refractivity contribution >= 4 is 17.8 Å². The van der Waals surface area contributed by atoms with Crippen LogP contribution in [0.3, 0.4) is 0 Å². The van der Waals surface area contributed by atoms with Gasteiger partial charge in [-0.3, -0.25) is 9.59 Å². The summed E-state index contributed by atoms with van der Waals surface area (Å²) in [7, 11) is 0. The van der Waals surface area contributed by atoms with Crippen LogP contribution in [-0.4, -0.2) is 55.2 Å². The Hall–Kier alpha value is -1.67. The van der Waals surface area contributed by atoms with Gasteiger partial charge in [-0.25, -0.2) is 4.79 Å². The molecule has 0 aromatic carbocycles. The van der Waals surface area contributed by atoms with Gasteiger partial charge in [0.05, 0.1) is 0 Å². The number of hydrogen-bond donors (Lipinski definition) is 4. The normalized spacial score (nSPS) is 11.7. The van der Waals surface area contributed by atoms with E-state index < -0.39 is 17.9 Å². The smallest absolute Gasteiger partial charge is 0.326 e. The molecule has 0 aromatic heterocycles. The van der Waals surface area contributed by atoms with E-state index in [1.165, 1.54) is 6.92 Å². The van der Waals surface area contributed by atoms with Crippen molar-refractivity contribution in [3.63, 3.8) is 0 Å². The molecule has 2 amide bonds. The average Bonchev–Trinajstić information content (AvgIpc) is 2.41. The predicted molar refractivity (Wildman–Crippen MR) is 76.6 cm³/mol. The Morgan fingerprint density at radius 2 is 1.90 bits per heavy atom. The number of carboxylic acid groups (broad SMARTS) is 1. The standard InChI is InChI=1S/C13H25N3O5/c1-10(17)16-11(13(19)20)4-5-12(18)15-7-3-9-21-8-2-6-14/h11H,2-9,14H2,1H3,(H,15,18)(H,16,17)(H,19,20). The lowest BCUT2D eigenvalue weighted by Crippen LogP contribution is -2.40. The fourth-order valence-electron chi connectivity index (χ4n) is 1.56. The van der Waals surface area contributed by atoms with Gasteiger partial charge in [0, 0.05) is 33.1 Å². The minimum absolute atomic E-state index is 0.0469. The minimum Gasteiger partial charge on any atom is -0.480 e. The third-order valence-electron chi connectivity index (χ3n) is 2.62. The van der Waals surface area contributed by atoms with Crippen molar-refractivity contribution < 1.29 is 24.2 Å². The molecule has 0 saturated carbocycles. The van der Waals surface area contributed by atoms with E-state index >= 15 is 0 Å². The molecule has 8 heteroatoms. The summed E-state index contributed by atoms with van der Waals surface area (Å²) < 4.78 is 5.27. The van der Waals surface area contributed by atoms with Gasteiger partial charge in [0.25, 0.3) is 0 Å². The van der Waals surface area contributed by atoms with Crippen LogP contribution in [0, 0.1) is 0 Å². The monoisotopic (exact) mass is 303 g/mol. The molecular formula is C13H25N3O5. The Balaban J connectivity index is 3.68. The van der Waals surface area contributed by atoms with E-state index in [1.54, 1.807) is 0 Å². The fraction of sp³-hybridized carbons (Fsp3) is 0.769. The first kappa shape index (κ1) is 19.3. The number of nitrogens with one attached hydrogen (secondary N) is 2. The van der Waals surface area contributed by atoms with Gasteiger partial charge < -0.3 is 26.2 Å². The van der Waals surface area contributed by atoms with Crippen LogP contribution in [0.15, 0.2) is 0 Å². The van der Waals surface area contributed by atoms with Gasteiger partial charge in [-0.15, -0.1) is 0 Å². The fourth-order valence-corrected chi connectivity index (χ4v) is 1.56. The summed E-state index contributed by atoms with van der Waals surface area (Å²) in [5.74, 6) is -1.82. The van der Waals surface area contributed by atoms with Crippen LogP contribution >= 0.6 is 0 Å². The van der Waals surface area contributed by atoms with Crippen LogP contribution in [0.4, 0.5) is 0 Å². The first-order valence-corrected chi connectivity index (χ1v) is 7.01. The molecule has 1 atom stereocenters. The number of amides is 2. The number of nitrogens with two attached hydrogens (primary N) is 1. The van der Waals surface area contributed by atoms with Crippen LogP contribution in [0.25, 0.3) is 0 Å². The molecule has 0 rings (SSSR count). The third-order valence-corrected chi connectivity index (χ3v) is 2.62. The molecule has 0 fully saturated rings. The molecule has 1 unspecified atom stereocenters. The molecule has 0 saturated heterocycles. The van der Waals surface area contributed by atoms with E-state index in [0.29, 0.717) is 32.7 Å². The summed E-state index contributed by atoms with van der Waals surface area (Å²) in [4.78, 5) is 33.2. The van der Waals surface area contributed by atoms with Crippen molar-refractivity contribution in [2.45, 2.75) is 38.6 Å². The highest BCUT2D eigenvalue weighted by Gasteiger charge is 2.19. The molecule has 122 valence electrons. The maximum atomic E-state index is 11.5. The maximum Gasteiger partial charge on any atom is 0.326 e. The Labute approximate surface area is 124 Å². The second-order valence-corrected chi connectivity index (χ2v) is 4.59. The van der Waals surface area contributed by atoms with Gasteiger partial charge in [-0.1, -0.05) is 0 Å². The van der Waals surface area contributed by atoms with Gasteiger partial charge >= 0.3 is 5.97 Å². The summed E-state index contributed by atoms with van der Waals surface area (Å²) in [6, 6.07) is -1.03. The molecule has 0 radical (unpaired) electrons. The zero-order chi connectivity index (χ0) is 16.1. The van der Waals surface area contributed by atoms with Gasteiger partial charge in [0.1, 0.15) is 6.04 Å². The molecule has 0 aliphatic heterocycles. The van der Waals surface area contributed by atoms with Crippen molar-refractivity contribution in [1.29, 1.82) is 0 Å². The maximum absolute atomic E-state index is 11.5. The van der Waals surface area contributed by atoms with E-state index in [0.717, 1.165) is 6.42 Å². The summed E-state index contributed by atoms with van der Waals surface area (Å²) >= 11 is 0. The van der Waals surface area contributed by atoms with E-state index in [-0.39, 0.29) is 18.7 Å². The predicted octanol–water partition coefficient (Wildman–Crippen LogP) is -0.772. The average molecular weight is 303 g/mol. The lowest BCUT2D eigenvalue weighted by molar-refractivity contribution is -0.141. The van der Waals surface area contributed by atoms with Crippen LogP contribution in [0.2, 0.25) is 0 Å². The zero-order valence-electron chi connectivity index (χ0n) is 12.4. The number of rotatable bonds is 12. The molecule has 0 aliphatic carbocycles. The Kier molecular flexibility index (Phi) is 11.1. The lowest BCUT2D eigenvalue weighted by atomic mass is 10.1. The molecule has 0 aromatic rings. The molecule has 0 bridgehead atoms. The van der Waals surface area contributed by atoms with E-state index in [4.69, 9.17) is 15.6 Å². The van der Waals surface area contributed by atoms with E-state index in [1.807, 2.05) is 0 Å². The van der Waals surface area contributed by atoms with Crippen molar-refractivity contribution in [2.75, 3.05) is 26.3 Å². The second-order valence-electron chi connectivity index (χ2n) is 4.59. The van der Waals surface area contributed by atoms with Crippen molar-refractivity contribution in [3.8, 4) is 0 Å². The quantitative estimate of drug-likeness (QED) is 0.350. The topological polar surface area (TPSA) is 131 Å². The number of aliphatic carboxylic acids is 1. The first-order chi connectivity index (χ1) is 9.97. The van der Waals surface area contributed by atoms with Gasteiger partial charge in [-0.05, 0) is 25.8 Å². The number of hydrogen-bond acceptors (Lipinski definition) is 5. The lowest BCUT2D eigenvalue weighted by Gasteiger charge is -2.12. The van der Waals surface area contributed by atoms with Gasteiger partial charge in [0.15, 0.2) is 0 Å². The largest absolute Gasteiger partial charge is 0.480 e. The van der Waals surface area contributed by atoms with Crippen molar-refractivity contribution in [1.82, 2.24) is 10.6 Å². The molecule has 0 heterocycles.